The highest BCUT2D eigenvalue weighted by Gasteiger charge is 2.21. The van der Waals surface area contributed by atoms with Gasteiger partial charge in [-0.25, -0.2) is 9.59 Å². The first-order chi connectivity index (χ1) is 32.5. The number of fused-ring (bicyclic) bond motifs is 2. The van der Waals surface area contributed by atoms with Crippen LogP contribution >= 0.6 is 22.7 Å². The van der Waals surface area contributed by atoms with Gasteiger partial charge in [-0.15, -0.1) is 22.7 Å². The SMILES string of the molecule is Cc1ccc(C)c(NC(=O)Nc2cccc(-c3csc4c(=O)cc(N5CCOCC5)oc34)c2)c1.Cc1cccc(NC(=O)Nc2cccc(-c3csc4c(=O)cc(N5CCOCC5)oc34)c2)c1. The number of benzene rings is 4. The molecule has 4 aromatic carbocycles. The van der Waals surface area contributed by atoms with Gasteiger partial charge in [-0.2, -0.15) is 0 Å². The van der Waals surface area contributed by atoms with Crippen molar-refractivity contribution in [1.82, 2.24) is 0 Å². The van der Waals surface area contributed by atoms with E-state index < -0.39 is 0 Å². The van der Waals surface area contributed by atoms with Crippen molar-refractivity contribution in [3.63, 3.8) is 0 Å². The molecule has 67 heavy (non-hydrogen) atoms. The lowest BCUT2D eigenvalue weighted by Gasteiger charge is -2.27. The van der Waals surface area contributed by atoms with Crippen LogP contribution in [0.15, 0.2) is 132 Å². The summed E-state index contributed by atoms with van der Waals surface area (Å²) < 4.78 is 24.4. The lowest BCUT2D eigenvalue weighted by atomic mass is 10.1. The zero-order valence-corrected chi connectivity index (χ0v) is 38.7. The van der Waals surface area contributed by atoms with Crippen LogP contribution in [0.1, 0.15) is 16.7 Å². The number of morpholine rings is 2. The van der Waals surface area contributed by atoms with Crippen LogP contribution < -0.4 is 41.9 Å². The van der Waals surface area contributed by atoms with E-state index >= 15 is 0 Å². The van der Waals surface area contributed by atoms with Gasteiger partial charge in [0.25, 0.3) is 0 Å². The number of carbonyl (C=O) groups excluding carboxylic acids is 2. The van der Waals surface area contributed by atoms with Crippen molar-refractivity contribution < 1.29 is 27.9 Å². The number of hydrogen-bond donors (Lipinski definition) is 4. The topological polar surface area (TPSA) is 168 Å². The lowest BCUT2D eigenvalue weighted by Crippen LogP contribution is -2.36. The van der Waals surface area contributed by atoms with Crippen molar-refractivity contribution in [1.29, 1.82) is 0 Å². The van der Waals surface area contributed by atoms with E-state index in [-0.39, 0.29) is 22.9 Å². The second kappa shape index (κ2) is 20.1. The van der Waals surface area contributed by atoms with Crippen molar-refractivity contribution in [3.05, 3.63) is 151 Å². The molecule has 0 saturated carbocycles. The van der Waals surface area contributed by atoms with Gasteiger partial charge in [0.1, 0.15) is 9.40 Å². The molecule has 0 atom stereocenters. The molecule has 16 heteroatoms. The second-order valence-electron chi connectivity index (χ2n) is 16.2. The van der Waals surface area contributed by atoms with Crippen LogP contribution in [0.4, 0.5) is 44.1 Å². The van der Waals surface area contributed by atoms with Gasteiger partial charge in [-0.3, -0.25) is 9.59 Å². The van der Waals surface area contributed by atoms with Crippen molar-refractivity contribution in [2.45, 2.75) is 20.8 Å². The van der Waals surface area contributed by atoms with Crippen LogP contribution in [0, 0.1) is 20.8 Å². The number of amides is 4. The Morgan fingerprint density at radius 3 is 1.46 bits per heavy atom. The molecule has 2 saturated heterocycles. The molecule has 10 rings (SSSR count). The molecule has 4 N–H and O–H groups in total. The van der Waals surface area contributed by atoms with Crippen molar-refractivity contribution >= 4 is 89.8 Å². The van der Waals surface area contributed by atoms with Gasteiger partial charge >= 0.3 is 12.1 Å². The molecule has 0 spiro atoms. The number of nitrogens with zero attached hydrogens (tertiary/aromatic N) is 2. The van der Waals surface area contributed by atoms with E-state index in [2.05, 4.69) is 21.3 Å². The van der Waals surface area contributed by atoms with E-state index in [1.807, 2.05) is 132 Å². The summed E-state index contributed by atoms with van der Waals surface area (Å²) in [6, 6.07) is 31.0. The van der Waals surface area contributed by atoms with Crippen LogP contribution in [-0.4, -0.2) is 64.7 Å². The second-order valence-corrected chi connectivity index (χ2v) is 18.0. The fraction of sp³-hybridized carbons (Fsp3) is 0.216. The molecule has 4 amide bonds. The van der Waals surface area contributed by atoms with E-state index in [0.717, 1.165) is 50.3 Å². The zero-order valence-electron chi connectivity index (χ0n) is 37.1. The van der Waals surface area contributed by atoms with Crippen LogP contribution in [-0.2, 0) is 9.47 Å². The quantitative estimate of drug-likeness (QED) is 0.115. The maximum absolute atomic E-state index is 12.8. The van der Waals surface area contributed by atoms with Crippen LogP contribution in [0.2, 0.25) is 0 Å². The molecule has 4 aromatic heterocycles. The van der Waals surface area contributed by atoms with Crippen LogP contribution in [0.25, 0.3) is 42.8 Å². The highest BCUT2D eigenvalue weighted by molar-refractivity contribution is 7.18. The summed E-state index contributed by atoms with van der Waals surface area (Å²) in [5, 5.41) is 15.4. The first-order valence-electron chi connectivity index (χ1n) is 21.8. The third-order valence-corrected chi connectivity index (χ3v) is 13.2. The van der Waals surface area contributed by atoms with Crippen LogP contribution in [0.3, 0.4) is 0 Å². The summed E-state index contributed by atoms with van der Waals surface area (Å²) in [4.78, 5) is 54.6. The van der Waals surface area contributed by atoms with Gasteiger partial charge in [0, 0.05) is 82.9 Å². The summed E-state index contributed by atoms with van der Waals surface area (Å²) >= 11 is 2.73. The third-order valence-electron chi connectivity index (χ3n) is 11.3. The average Bonchev–Trinajstić information content (AvgIpc) is 3.97. The number of thiophene rings is 2. The number of anilines is 6. The minimum atomic E-state index is -0.325. The van der Waals surface area contributed by atoms with E-state index in [0.29, 0.717) is 96.3 Å². The molecule has 2 fully saturated rings. The number of ether oxygens (including phenoxy) is 2. The summed E-state index contributed by atoms with van der Waals surface area (Å²) in [5.74, 6) is 1.12. The first-order valence-corrected chi connectivity index (χ1v) is 23.6. The number of aryl methyl sites for hydroxylation is 3. The minimum Gasteiger partial charge on any atom is -0.439 e. The van der Waals surface area contributed by atoms with Gasteiger partial charge in [0.05, 0.1) is 26.4 Å². The number of hydrogen-bond acceptors (Lipinski definition) is 12. The molecule has 2 aliphatic rings. The van der Waals surface area contributed by atoms with E-state index in [9.17, 15) is 19.2 Å². The normalized spacial score (nSPS) is 13.8. The highest BCUT2D eigenvalue weighted by Crippen LogP contribution is 2.37. The van der Waals surface area contributed by atoms with Gasteiger partial charge in [0.15, 0.2) is 22.9 Å². The standard InChI is InChI=1S/C26H25N3O4S.C25H23N3O4S/c1-16-6-7-17(2)21(12-16)28-26(31)27-19-5-3-4-18(13-19)20-15-34-25-22(30)14-23(33-24(20)25)29-8-10-32-11-9-29;1-16-4-2-6-18(12-16)26-25(30)27-19-7-3-5-17(13-19)20-15-33-24-21(29)14-22(32-23(20)24)28-8-10-31-11-9-28/h3-7,12-15H,8-11H2,1-2H3,(H2,27,28,31);2-7,12-15H,8-11H2,1H3,(H2,26,27,30). The Morgan fingerprint density at radius 2 is 0.970 bits per heavy atom. The predicted octanol–water partition coefficient (Wildman–Crippen LogP) is 10.9. The molecule has 14 nitrogen and oxygen atoms in total. The maximum atomic E-state index is 12.8. The average molecular weight is 937 g/mol. The largest absolute Gasteiger partial charge is 0.439 e. The Morgan fingerprint density at radius 1 is 0.522 bits per heavy atom. The molecular weight excluding hydrogens is 889 g/mol. The van der Waals surface area contributed by atoms with E-state index in [1.165, 1.54) is 22.7 Å². The fourth-order valence-electron chi connectivity index (χ4n) is 7.84. The molecule has 0 bridgehead atoms. The summed E-state index contributed by atoms with van der Waals surface area (Å²) in [5.41, 5.74) is 10.3. The van der Waals surface area contributed by atoms with Gasteiger partial charge in [-0.1, -0.05) is 48.5 Å². The fourth-order valence-corrected chi connectivity index (χ4v) is 9.66. The minimum absolute atomic E-state index is 0.0545. The number of nitrogens with one attached hydrogen (secondary N) is 4. The van der Waals surface area contributed by atoms with Crippen molar-refractivity contribution in [3.8, 4) is 22.3 Å². The Bertz CT molecular complexity index is 3220. The highest BCUT2D eigenvalue weighted by atomic mass is 32.1. The molecule has 0 unspecified atom stereocenters. The molecule has 8 aromatic rings. The first kappa shape index (κ1) is 44.9. The van der Waals surface area contributed by atoms with Crippen molar-refractivity contribution in [2.75, 3.05) is 83.7 Å². The molecule has 342 valence electrons. The van der Waals surface area contributed by atoms with Gasteiger partial charge < -0.3 is 49.4 Å². The number of urea groups is 2. The Labute approximate surface area is 393 Å². The Balaban J connectivity index is 0.000000168. The maximum Gasteiger partial charge on any atom is 0.323 e. The Hall–Kier alpha value is -7.24. The summed E-state index contributed by atoms with van der Waals surface area (Å²) in [6.45, 7) is 11.1. The van der Waals surface area contributed by atoms with Crippen molar-refractivity contribution in [2.24, 2.45) is 0 Å². The molecule has 6 heterocycles. The summed E-state index contributed by atoms with van der Waals surface area (Å²) in [7, 11) is 0. The summed E-state index contributed by atoms with van der Waals surface area (Å²) in [6.07, 6.45) is 0. The monoisotopic (exact) mass is 936 g/mol. The molecule has 2 aliphatic heterocycles. The third kappa shape index (κ3) is 10.6. The molecular formula is C51H48N6O8S2. The zero-order chi connectivity index (χ0) is 46.4. The molecule has 0 radical (unpaired) electrons. The van der Waals surface area contributed by atoms with E-state index in [4.69, 9.17) is 18.3 Å². The predicted molar refractivity (Wildman–Crippen MR) is 270 cm³/mol. The van der Waals surface area contributed by atoms with Crippen LogP contribution in [0.5, 0.6) is 0 Å². The Kier molecular flexibility index (Phi) is 13.5. The number of rotatable bonds is 8. The molecule has 0 aliphatic carbocycles. The van der Waals surface area contributed by atoms with Gasteiger partial charge in [-0.05, 0) is 91.1 Å². The van der Waals surface area contributed by atoms with E-state index in [1.54, 1.807) is 12.1 Å². The number of carbonyl (C=O) groups is 2. The van der Waals surface area contributed by atoms with Gasteiger partial charge in [0.2, 0.25) is 10.9 Å². The lowest BCUT2D eigenvalue weighted by molar-refractivity contribution is 0.120. The smallest absolute Gasteiger partial charge is 0.323 e.